The third-order valence-corrected chi connectivity index (χ3v) is 5.76. The first-order chi connectivity index (χ1) is 15.5. The standard InChI is InChI=1S/C23H21N3O5S/c1-14-10-11-19(31-14)21-24-25-23(32-13-15-6-4-7-16(12-15)22(27)28)26(21)20-17(29-2)8-5-9-18(20)30-3/h4-12H,13H2,1-3H3,(H,27,28). The summed E-state index contributed by atoms with van der Waals surface area (Å²) < 4.78 is 18.9. The maximum Gasteiger partial charge on any atom is 0.335 e. The van der Waals surface area contributed by atoms with Gasteiger partial charge >= 0.3 is 5.97 Å². The number of rotatable bonds is 8. The number of aromatic nitrogens is 3. The molecule has 0 saturated carbocycles. The average Bonchev–Trinajstić information content (AvgIpc) is 3.42. The van der Waals surface area contributed by atoms with Crippen LogP contribution >= 0.6 is 11.8 Å². The van der Waals surface area contributed by atoms with E-state index >= 15 is 0 Å². The number of hydrogen-bond donors (Lipinski definition) is 1. The van der Waals surface area contributed by atoms with E-state index in [1.165, 1.54) is 11.8 Å². The number of nitrogens with zero attached hydrogens (tertiary/aromatic N) is 3. The van der Waals surface area contributed by atoms with Crippen molar-refractivity contribution in [2.24, 2.45) is 0 Å². The third-order valence-electron chi connectivity index (χ3n) is 4.76. The molecule has 0 bridgehead atoms. The molecule has 0 aliphatic carbocycles. The predicted octanol–water partition coefficient (Wildman–Crippen LogP) is 4.84. The quantitative estimate of drug-likeness (QED) is 0.380. The third kappa shape index (κ3) is 4.19. The van der Waals surface area contributed by atoms with Crippen LogP contribution in [0.3, 0.4) is 0 Å². The van der Waals surface area contributed by atoms with Gasteiger partial charge in [0.1, 0.15) is 22.9 Å². The molecule has 2 heterocycles. The molecule has 0 saturated heterocycles. The van der Waals surface area contributed by atoms with Gasteiger partial charge in [-0.3, -0.25) is 4.57 Å². The highest BCUT2D eigenvalue weighted by atomic mass is 32.2. The minimum Gasteiger partial charge on any atom is -0.494 e. The van der Waals surface area contributed by atoms with E-state index < -0.39 is 5.97 Å². The molecule has 2 aromatic heterocycles. The fourth-order valence-corrected chi connectivity index (χ4v) is 4.15. The van der Waals surface area contributed by atoms with Crippen molar-refractivity contribution >= 4 is 17.7 Å². The van der Waals surface area contributed by atoms with Crippen LogP contribution in [-0.2, 0) is 5.75 Å². The highest BCUT2D eigenvalue weighted by Gasteiger charge is 2.24. The summed E-state index contributed by atoms with van der Waals surface area (Å²) in [7, 11) is 3.17. The fourth-order valence-electron chi connectivity index (χ4n) is 3.27. The van der Waals surface area contributed by atoms with E-state index in [2.05, 4.69) is 10.2 Å². The molecule has 0 aliphatic rings. The van der Waals surface area contributed by atoms with Crippen LogP contribution in [0.15, 0.2) is 64.2 Å². The number of para-hydroxylation sites is 1. The SMILES string of the molecule is COc1cccc(OC)c1-n1c(SCc2cccc(C(=O)O)c2)nnc1-c1ccc(C)o1. The Morgan fingerprint density at radius 1 is 1.06 bits per heavy atom. The van der Waals surface area contributed by atoms with Gasteiger partial charge in [-0.2, -0.15) is 0 Å². The number of thioether (sulfide) groups is 1. The van der Waals surface area contributed by atoms with Crippen molar-refractivity contribution < 1.29 is 23.8 Å². The Kier molecular flexibility index (Phi) is 6.18. The molecule has 0 aliphatic heterocycles. The number of benzene rings is 2. The molecule has 1 N–H and O–H groups in total. The summed E-state index contributed by atoms with van der Waals surface area (Å²) in [5.74, 6) is 2.51. The zero-order chi connectivity index (χ0) is 22.7. The van der Waals surface area contributed by atoms with Crippen LogP contribution < -0.4 is 9.47 Å². The minimum atomic E-state index is -0.964. The van der Waals surface area contributed by atoms with Crippen LogP contribution in [-0.4, -0.2) is 40.1 Å². The number of ether oxygens (including phenoxy) is 2. The van der Waals surface area contributed by atoms with Crippen molar-refractivity contribution in [3.63, 3.8) is 0 Å². The molecule has 0 fully saturated rings. The van der Waals surface area contributed by atoms with Gasteiger partial charge in [-0.15, -0.1) is 10.2 Å². The van der Waals surface area contributed by atoms with E-state index in [9.17, 15) is 9.90 Å². The van der Waals surface area contributed by atoms with E-state index in [4.69, 9.17) is 13.9 Å². The summed E-state index contributed by atoms with van der Waals surface area (Å²) in [5.41, 5.74) is 1.74. The first kappa shape index (κ1) is 21.5. The van der Waals surface area contributed by atoms with E-state index in [0.29, 0.717) is 39.7 Å². The van der Waals surface area contributed by atoms with Gasteiger partial charge in [0.25, 0.3) is 0 Å². The lowest BCUT2D eigenvalue weighted by molar-refractivity contribution is 0.0696. The second kappa shape index (κ2) is 9.19. The van der Waals surface area contributed by atoms with Crippen molar-refractivity contribution in [3.8, 4) is 28.8 Å². The Bertz CT molecular complexity index is 1240. The Hall–Kier alpha value is -3.72. The maximum atomic E-state index is 11.3. The van der Waals surface area contributed by atoms with Gasteiger partial charge in [-0.1, -0.05) is 30.0 Å². The van der Waals surface area contributed by atoms with Gasteiger partial charge in [0.2, 0.25) is 5.82 Å². The monoisotopic (exact) mass is 451 g/mol. The number of carbonyl (C=O) groups is 1. The second-order valence-corrected chi connectivity index (χ2v) is 7.80. The van der Waals surface area contributed by atoms with Crippen LogP contribution in [0.1, 0.15) is 21.7 Å². The highest BCUT2D eigenvalue weighted by molar-refractivity contribution is 7.98. The molecule has 164 valence electrons. The van der Waals surface area contributed by atoms with Gasteiger partial charge in [0.15, 0.2) is 10.9 Å². The van der Waals surface area contributed by atoms with Crippen molar-refractivity contribution in [2.75, 3.05) is 14.2 Å². The van der Waals surface area contributed by atoms with Crippen LogP contribution in [0.2, 0.25) is 0 Å². The van der Waals surface area contributed by atoms with Crippen molar-refractivity contribution in [1.82, 2.24) is 14.8 Å². The number of methoxy groups -OCH3 is 2. The van der Waals surface area contributed by atoms with E-state index in [0.717, 1.165) is 11.3 Å². The molecule has 0 unspecified atom stereocenters. The molecule has 0 amide bonds. The first-order valence-electron chi connectivity index (χ1n) is 9.70. The van der Waals surface area contributed by atoms with E-state index in [-0.39, 0.29) is 5.56 Å². The lowest BCUT2D eigenvalue weighted by Crippen LogP contribution is -2.05. The van der Waals surface area contributed by atoms with Crippen LogP contribution in [0, 0.1) is 6.92 Å². The van der Waals surface area contributed by atoms with Gasteiger partial charge in [0.05, 0.1) is 19.8 Å². The molecule has 0 radical (unpaired) electrons. The van der Waals surface area contributed by atoms with Crippen LogP contribution in [0.4, 0.5) is 0 Å². The van der Waals surface area contributed by atoms with Gasteiger partial charge in [0, 0.05) is 5.75 Å². The minimum absolute atomic E-state index is 0.239. The normalized spacial score (nSPS) is 10.8. The number of carboxylic acids is 1. The maximum absolute atomic E-state index is 11.3. The Balaban J connectivity index is 1.80. The molecule has 4 rings (SSSR count). The summed E-state index contributed by atoms with van der Waals surface area (Å²) in [6.07, 6.45) is 0. The van der Waals surface area contributed by atoms with Gasteiger partial charge in [-0.25, -0.2) is 4.79 Å². The molecule has 9 heteroatoms. The van der Waals surface area contributed by atoms with Crippen molar-refractivity contribution in [2.45, 2.75) is 17.8 Å². The molecule has 32 heavy (non-hydrogen) atoms. The molecule has 2 aromatic carbocycles. The van der Waals surface area contributed by atoms with Crippen molar-refractivity contribution in [3.05, 3.63) is 71.5 Å². The number of aryl methyl sites for hydroxylation is 1. The fraction of sp³-hybridized carbons (Fsp3) is 0.174. The zero-order valence-corrected chi connectivity index (χ0v) is 18.5. The van der Waals surface area contributed by atoms with Crippen molar-refractivity contribution in [1.29, 1.82) is 0 Å². The molecule has 4 aromatic rings. The molecule has 0 spiro atoms. The number of aromatic carboxylic acids is 1. The van der Waals surface area contributed by atoms with Gasteiger partial charge in [-0.05, 0) is 48.9 Å². The van der Waals surface area contributed by atoms with Crippen LogP contribution in [0.5, 0.6) is 11.5 Å². The smallest absolute Gasteiger partial charge is 0.335 e. The highest BCUT2D eigenvalue weighted by Crippen LogP contribution is 2.39. The summed E-state index contributed by atoms with van der Waals surface area (Å²) in [6, 6.07) is 16.0. The largest absolute Gasteiger partial charge is 0.494 e. The number of hydrogen-bond acceptors (Lipinski definition) is 7. The zero-order valence-electron chi connectivity index (χ0n) is 17.7. The molecular weight excluding hydrogens is 430 g/mol. The van der Waals surface area contributed by atoms with Crippen LogP contribution in [0.25, 0.3) is 17.3 Å². The molecule has 8 nitrogen and oxygen atoms in total. The molecule has 0 atom stereocenters. The Morgan fingerprint density at radius 2 is 1.78 bits per heavy atom. The Morgan fingerprint density at radius 3 is 2.41 bits per heavy atom. The topological polar surface area (TPSA) is 99.6 Å². The summed E-state index contributed by atoms with van der Waals surface area (Å²) in [4.78, 5) is 11.3. The summed E-state index contributed by atoms with van der Waals surface area (Å²) in [6.45, 7) is 1.86. The lowest BCUT2D eigenvalue weighted by Gasteiger charge is -2.16. The average molecular weight is 452 g/mol. The predicted molar refractivity (Wildman–Crippen MR) is 120 cm³/mol. The lowest BCUT2D eigenvalue weighted by atomic mass is 10.1. The summed E-state index contributed by atoms with van der Waals surface area (Å²) >= 11 is 1.42. The second-order valence-electron chi connectivity index (χ2n) is 6.86. The van der Waals surface area contributed by atoms with E-state index in [1.807, 2.05) is 47.9 Å². The number of carboxylic acid groups (broad SMARTS) is 1. The first-order valence-corrected chi connectivity index (χ1v) is 10.7. The summed E-state index contributed by atoms with van der Waals surface area (Å²) in [5, 5.41) is 18.6. The van der Waals surface area contributed by atoms with E-state index in [1.54, 1.807) is 32.4 Å². The van der Waals surface area contributed by atoms with Gasteiger partial charge < -0.3 is 19.0 Å². The Labute approximate surface area is 188 Å². The molecular formula is C23H21N3O5S. The number of furan rings is 1.